The Morgan fingerprint density at radius 3 is 2.95 bits per heavy atom. The van der Waals surface area contributed by atoms with Crippen molar-refractivity contribution in [3.8, 4) is 0 Å². The number of aryl methyl sites for hydroxylation is 1. The molecule has 0 spiro atoms. The molecule has 2 aromatic heterocycles. The molecule has 2 aromatic rings. The normalized spacial score (nSPS) is 10.9. The van der Waals surface area contributed by atoms with Crippen LogP contribution in [0.5, 0.6) is 0 Å². The van der Waals surface area contributed by atoms with Crippen LogP contribution in [0.2, 0.25) is 0 Å². The van der Waals surface area contributed by atoms with Gasteiger partial charge in [-0.1, -0.05) is 13.8 Å². The molecule has 0 aliphatic rings. The van der Waals surface area contributed by atoms with Gasteiger partial charge in [0.05, 0.1) is 17.6 Å². The lowest BCUT2D eigenvalue weighted by atomic mass is 10.1. The Labute approximate surface area is 111 Å². The van der Waals surface area contributed by atoms with Crippen molar-refractivity contribution in [1.82, 2.24) is 9.78 Å². The topological polar surface area (TPSA) is 80.3 Å². The third-order valence-electron chi connectivity index (χ3n) is 2.81. The molecule has 0 aliphatic carbocycles. The predicted molar refractivity (Wildman–Crippen MR) is 70.3 cm³/mol. The first-order valence-corrected chi connectivity index (χ1v) is 6.06. The van der Waals surface area contributed by atoms with Crippen LogP contribution in [0.1, 0.15) is 41.6 Å². The molecule has 0 amide bonds. The molecule has 0 radical (unpaired) electrons. The molecule has 0 unspecified atom stereocenters. The number of nitrogens with zero attached hydrogens (tertiary/aromatic N) is 2. The van der Waals surface area contributed by atoms with Gasteiger partial charge < -0.3 is 14.8 Å². The van der Waals surface area contributed by atoms with Crippen molar-refractivity contribution in [2.75, 3.05) is 5.32 Å². The Morgan fingerprint density at radius 2 is 2.32 bits per heavy atom. The maximum atomic E-state index is 10.9. The summed E-state index contributed by atoms with van der Waals surface area (Å²) in [4.78, 5) is 10.9. The van der Waals surface area contributed by atoms with Crippen LogP contribution in [0.3, 0.4) is 0 Å². The van der Waals surface area contributed by atoms with Gasteiger partial charge in [0.1, 0.15) is 0 Å². The van der Waals surface area contributed by atoms with Crippen LogP contribution in [0.15, 0.2) is 22.9 Å². The summed E-state index contributed by atoms with van der Waals surface area (Å²) in [5, 5.41) is 16.5. The monoisotopic (exact) mass is 263 g/mol. The summed E-state index contributed by atoms with van der Waals surface area (Å²) in [7, 11) is 1.86. The summed E-state index contributed by atoms with van der Waals surface area (Å²) in [6, 6.07) is 1.65. The number of carboxylic acid groups (broad SMARTS) is 1. The Hall–Kier alpha value is -2.24. The minimum absolute atomic E-state index is 0.0255. The second-order valence-electron chi connectivity index (χ2n) is 4.69. The SMILES string of the molecule is CC(C)c1nn(C)cc1NCc1ccoc1C(=O)O. The van der Waals surface area contributed by atoms with Crippen LogP contribution in [0.25, 0.3) is 0 Å². The number of nitrogens with one attached hydrogen (secondary N) is 1. The molecule has 0 bridgehead atoms. The zero-order valence-corrected chi connectivity index (χ0v) is 11.2. The minimum Gasteiger partial charge on any atom is -0.475 e. The van der Waals surface area contributed by atoms with Crippen LogP contribution >= 0.6 is 0 Å². The van der Waals surface area contributed by atoms with E-state index in [1.54, 1.807) is 10.7 Å². The van der Waals surface area contributed by atoms with Gasteiger partial charge in [-0.15, -0.1) is 0 Å². The van der Waals surface area contributed by atoms with E-state index in [0.29, 0.717) is 18.0 Å². The van der Waals surface area contributed by atoms with E-state index in [1.165, 1.54) is 6.26 Å². The highest BCUT2D eigenvalue weighted by Crippen LogP contribution is 2.23. The Balaban J connectivity index is 2.14. The number of hydrogen-bond acceptors (Lipinski definition) is 4. The van der Waals surface area contributed by atoms with Crippen molar-refractivity contribution in [3.63, 3.8) is 0 Å². The highest BCUT2D eigenvalue weighted by molar-refractivity contribution is 5.86. The standard InChI is InChI=1S/C13H17N3O3/c1-8(2)11-10(7-16(3)15-11)14-6-9-4-5-19-12(9)13(17)18/h4-5,7-8,14H,6H2,1-3H3,(H,17,18). The van der Waals surface area contributed by atoms with Crippen LogP contribution in [-0.4, -0.2) is 20.9 Å². The van der Waals surface area contributed by atoms with Crippen LogP contribution in [0, 0.1) is 0 Å². The molecular formula is C13H17N3O3. The fourth-order valence-corrected chi connectivity index (χ4v) is 1.92. The molecule has 0 aromatic carbocycles. The van der Waals surface area contributed by atoms with Crippen molar-refractivity contribution < 1.29 is 14.3 Å². The maximum absolute atomic E-state index is 10.9. The average Bonchev–Trinajstić information content (AvgIpc) is 2.92. The second kappa shape index (κ2) is 5.17. The van der Waals surface area contributed by atoms with Crippen molar-refractivity contribution in [3.05, 3.63) is 35.5 Å². The lowest BCUT2D eigenvalue weighted by Crippen LogP contribution is -2.05. The minimum atomic E-state index is -1.06. The highest BCUT2D eigenvalue weighted by Gasteiger charge is 2.15. The van der Waals surface area contributed by atoms with E-state index in [-0.39, 0.29) is 5.76 Å². The second-order valence-corrected chi connectivity index (χ2v) is 4.69. The number of aromatic nitrogens is 2. The van der Waals surface area contributed by atoms with Crippen molar-refractivity contribution in [2.24, 2.45) is 7.05 Å². The highest BCUT2D eigenvalue weighted by atomic mass is 16.4. The molecule has 6 nitrogen and oxygen atoms in total. The summed E-state index contributed by atoms with van der Waals surface area (Å²) in [5.41, 5.74) is 2.49. The van der Waals surface area contributed by atoms with Gasteiger partial charge in [0, 0.05) is 25.4 Å². The van der Waals surface area contributed by atoms with Crippen molar-refractivity contribution in [2.45, 2.75) is 26.3 Å². The fourth-order valence-electron chi connectivity index (χ4n) is 1.92. The smallest absolute Gasteiger partial charge is 0.372 e. The molecule has 6 heteroatoms. The van der Waals surface area contributed by atoms with Gasteiger partial charge in [-0.3, -0.25) is 4.68 Å². The summed E-state index contributed by atoms with van der Waals surface area (Å²) < 4.78 is 6.68. The number of carboxylic acids is 1. The first-order chi connectivity index (χ1) is 8.99. The van der Waals surface area contributed by atoms with E-state index in [9.17, 15) is 4.79 Å². The van der Waals surface area contributed by atoms with E-state index < -0.39 is 5.97 Å². The third-order valence-corrected chi connectivity index (χ3v) is 2.81. The summed E-state index contributed by atoms with van der Waals surface area (Å²) in [5.74, 6) is -0.786. The van der Waals surface area contributed by atoms with E-state index in [1.807, 2.05) is 13.2 Å². The first-order valence-electron chi connectivity index (χ1n) is 6.06. The maximum Gasteiger partial charge on any atom is 0.372 e. The van der Waals surface area contributed by atoms with Gasteiger partial charge in [-0.25, -0.2) is 4.79 Å². The molecule has 2 heterocycles. The summed E-state index contributed by atoms with van der Waals surface area (Å²) >= 11 is 0. The molecule has 2 N–H and O–H groups in total. The number of hydrogen-bond donors (Lipinski definition) is 2. The molecule has 102 valence electrons. The number of rotatable bonds is 5. The molecule has 19 heavy (non-hydrogen) atoms. The van der Waals surface area contributed by atoms with Gasteiger partial charge in [-0.2, -0.15) is 5.10 Å². The largest absolute Gasteiger partial charge is 0.475 e. The number of furan rings is 1. The quantitative estimate of drug-likeness (QED) is 0.866. The van der Waals surface area contributed by atoms with Gasteiger partial charge in [0.2, 0.25) is 5.76 Å². The lowest BCUT2D eigenvalue weighted by molar-refractivity contribution is 0.0661. The molecule has 2 rings (SSSR count). The van der Waals surface area contributed by atoms with E-state index in [0.717, 1.165) is 11.4 Å². The van der Waals surface area contributed by atoms with Crippen molar-refractivity contribution >= 4 is 11.7 Å². The first kappa shape index (κ1) is 13.2. The number of anilines is 1. The Morgan fingerprint density at radius 1 is 1.58 bits per heavy atom. The van der Waals surface area contributed by atoms with Gasteiger partial charge in [0.25, 0.3) is 0 Å². The van der Waals surface area contributed by atoms with E-state index >= 15 is 0 Å². The van der Waals surface area contributed by atoms with Crippen LogP contribution < -0.4 is 5.32 Å². The number of carbonyl (C=O) groups is 1. The summed E-state index contributed by atoms with van der Waals surface area (Å²) in [6.07, 6.45) is 3.27. The predicted octanol–water partition coefficient (Wildman–Crippen LogP) is 2.45. The van der Waals surface area contributed by atoms with Gasteiger partial charge >= 0.3 is 5.97 Å². The average molecular weight is 263 g/mol. The van der Waals surface area contributed by atoms with Gasteiger partial charge in [-0.05, 0) is 12.0 Å². The fraction of sp³-hybridized carbons (Fsp3) is 0.385. The number of aromatic carboxylic acids is 1. The Kier molecular flexibility index (Phi) is 3.59. The zero-order chi connectivity index (χ0) is 14.0. The van der Waals surface area contributed by atoms with Crippen LogP contribution in [-0.2, 0) is 13.6 Å². The Bertz CT molecular complexity index is 584. The van der Waals surface area contributed by atoms with E-state index in [4.69, 9.17) is 9.52 Å². The molecule has 0 fully saturated rings. The molecule has 0 aliphatic heterocycles. The van der Waals surface area contributed by atoms with Crippen molar-refractivity contribution in [1.29, 1.82) is 0 Å². The molecule has 0 saturated carbocycles. The zero-order valence-electron chi connectivity index (χ0n) is 11.2. The molecule has 0 atom stereocenters. The van der Waals surface area contributed by atoms with Gasteiger partial charge in [0.15, 0.2) is 0 Å². The van der Waals surface area contributed by atoms with E-state index in [2.05, 4.69) is 24.3 Å². The lowest BCUT2D eigenvalue weighted by Gasteiger charge is -2.07. The van der Waals surface area contributed by atoms with Crippen LogP contribution in [0.4, 0.5) is 5.69 Å². The molecule has 0 saturated heterocycles. The third kappa shape index (κ3) is 2.78. The molecular weight excluding hydrogens is 246 g/mol. The summed E-state index contributed by atoms with van der Waals surface area (Å²) in [6.45, 7) is 4.52.